The second-order valence-electron chi connectivity index (χ2n) is 4.32. The van der Waals surface area contributed by atoms with E-state index in [9.17, 15) is 13.6 Å². The van der Waals surface area contributed by atoms with Crippen molar-refractivity contribution >= 4 is 17.7 Å². The number of pyridine rings is 1. The lowest BCUT2D eigenvalue weighted by molar-refractivity contribution is -0.111. The first kappa shape index (κ1) is 16.4. The van der Waals surface area contributed by atoms with E-state index in [4.69, 9.17) is 4.74 Å². The number of alkyl halides is 2. The van der Waals surface area contributed by atoms with Crippen molar-refractivity contribution in [3.63, 3.8) is 0 Å². The van der Waals surface area contributed by atoms with Gasteiger partial charge in [0.1, 0.15) is 0 Å². The molecule has 0 aliphatic rings. The highest BCUT2D eigenvalue weighted by atomic mass is 19.3. The summed E-state index contributed by atoms with van der Waals surface area (Å²) in [5, 5.41) is 2.59. The van der Waals surface area contributed by atoms with Gasteiger partial charge in [-0.05, 0) is 24.3 Å². The lowest BCUT2D eigenvalue weighted by Crippen LogP contribution is -2.08. The highest BCUT2D eigenvalue weighted by Crippen LogP contribution is 2.33. The highest BCUT2D eigenvalue weighted by Gasteiger charge is 2.13. The zero-order valence-corrected chi connectivity index (χ0v) is 12.2. The van der Waals surface area contributed by atoms with Gasteiger partial charge in [-0.1, -0.05) is 12.1 Å². The number of para-hydroxylation sites is 1. The molecule has 0 atom stereocenters. The van der Waals surface area contributed by atoms with E-state index in [1.807, 2.05) is 0 Å². The average Bonchev–Trinajstić information content (AvgIpc) is 2.54. The number of amides is 1. The number of halogens is 2. The molecule has 1 aromatic heterocycles. The summed E-state index contributed by atoms with van der Waals surface area (Å²) in [4.78, 5) is 15.7. The van der Waals surface area contributed by atoms with Gasteiger partial charge < -0.3 is 14.8 Å². The van der Waals surface area contributed by atoms with Crippen molar-refractivity contribution in [1.82, 2.24) is 4.98 Å². The van der Waals surface area contributed by atoms with Gasteiger partial charge in [-0.3, -0.25) is 9.78 Å². The van der Waals surface area contributed by atoms with Gasteiger partial charge in [-0.15, -0.1) is 0 Å². The summed E-state index contributed by atoms with van der Waals surface area (Å²) < 4.78 is 34.5. The van der Waals surface area contributed by atoms with E-state index in [0.717, 1.165) is 0 Å². The van der Waals surface area contributed by atoms with Crippen molar-refractivity contribution in [3.05, 3.63) is 54.4 Å². The zero-order valence-electron chi connectivity index (χ0n) is 12.2. The number of carbonyl (C=O) groups excluding carboxylic acids is 1. The fourth-order valence-electron chi connectivity index (χ4n) is 1.83. The summed E-state index contributed by atoms with van der Waals surface area (Å²) in [6.45, 7) is -3.00. The quantitative estimate of drug-likeness (QED) is 0.829. The monoisotopic (exact) mass is 320 g/mol. The van der Waals surface area contributed by atoms with Crippen molar-refractivity contribution in [2.75, 3.05) is 12.4 Å². The van der Waals surface area contributed by atoms with Crippen LogP contribution in [0.2, 0.25) is 0 Å². The zero-order chi connectivity index (χ0) is 16.7. The number of carbonyl (C=O) groups is 1. The summed E-state index contributed by atoms with van der Waals surface area (Å²) in [6.07, 6.45) is 5.64. The molecule has 0 saturated carbocycles. The third-order valence-corrected chi connectivity index (χ3v) is 2.78. The van der Waals surface area contributed by atoms with Gasteiger partial charge in [0.2, 0.25) is 5.91 Å². The van der Waals surface area contributed by atoms with Crippen LogP contribution in [0, 0.1) is 0 Å². The number of rotatable bonds is 6. The van der Waals surface area contributed by atoms with E-state index < -0.39 is 12.5 Å². The van der Waals surface area contributed by atoms with E-state index in [1.54, 1.807) is 24.4 Å². The number of anilines is 1. The van der Waals surface area contributed by atoms with Crippen LogP contribution in [0.4, 0.5) is 14.5 Å². The number of aromatic nitrogens is 1. The number of methoxy groups -OCH3 is 1. The minimum atomic E-state index is -3.00. The van der Waals surface area contributed by atoms with E-state index in [1.165, 1.54) is 37.6 Å². The van der Waals surface area contributed by atoms with Crippen molar-refractivity contribution in [1.29, 1.82) is 0 Å². The maximum absolute atomic E-state index is 12.5. The number of nitrogens with one attached hydrogen (secondary N) is 1. The van der Waals surface area contributed by atoms with E-state index in [2.05, 4.69) is 15.0 Å². The summed E-state index contributed by atoms with van der Waals surface area (Å²) in [5.41, 5.74) is 0.822. The Morgan fingerprint density at radius 2 is 2.13 bits per heavy atom. The van der Waals surface area contributed by atoms with Crippen LogP contribution in [0.5, 0.6) is 11.5 Å². The van der Waals surface area contributed by atoms with Crippen LogP contribution in [0.15, 0.2) is 48.8 Å². The predicted molar refractivity (Wildman–Crippen MR) is 81.5 cm³/mol. The van der Waals surface area contributed by atoms with Crippen molar-refractivity contribution in [3.8, 4) is 11.5 Å². The molecule has 0 spiro atoms. The molecule has 23 heavy (non-hydrogen) atoms. The first-order chi connectivity index (χ1) is 11.1. The Balaban J connectivity index is 2.16. The number of benzene rings is 1. The average molecular weight is 320 g/mol. The summed E-state index contributed by atoms with van der Waals surface area (Å²) in [6, 6.07) is 7.99. The minimum absolute atomic E-state index is 0.129. The van der Waals surface area contributed by atoms with Crippen molar-refractivity contribution in [2.45, 2.75) is 6.61 Å². The number of hydrogen-bond acceptors (Lipinski definition) is 4. The number of nitrogens with zero attached hydrogens (tertiary/aromatic N) is 1. The molecular formula is C16H14F2N2O3. The molecule has 0 bridgehead atoms. The smallest absolute Gasteiger partial charge is 0.387 e. The van der Waals surface area contributed by atoms with Gasteiger partial charge in [-0.2, -0.15) is 8.78 Å². The minimum Gasteiger partial charge on any atom is -0.493 e. The molecule has 1 aromatic carbocycles. The van der Waals surface area contributed by atoms with Crippen LogP contribution in [0.25, 0.3) is 6.08 Å². The van der Waals surface area contributed by atoms with E-state index in [0.29, 0.717) is 11.3 Å². The first-order valence-corrected chi connectivity index (χ1v) is 6.61. The van der Waals surface area contributed by atoms with Gasteiger partial charge in [0.05, 0.1) is 19.0 Å². The van der Waals surface area contributed by atoms with E-state index in [-0.39, 0.29) is 11.5 Å². The summed E-state index contributed by atoms with van der Waals surface area (Å²) >= 11 is 0. The molecule has 0 saturated heterocycles. The normalized spacial score (nSPS) is 10.8. The van der Waals surface area contributed by atoms with Gasteiger partial charge in [0, 0.05) is 17.8 Å². The second kappa shape index (κ2) is 7.88. The lowest BCUT2D eigenvalue weighted by atomic mass is 10.1. The Kier molecular flexibility index (Phi) is 5.62. The Labute approximate surface area is 131 Å². The molecule has 2 aromatic rings. The largest absolute Gasteiger partial charge is 0.493 e. The molecule has 0 aliphatic heterocycles. The first-order valence-electron chi connectivity index (χ1n) is 6.61. The van der Waals surface area contributed by atoms with Crippen LogP contribution in [-0.2, 0) is 4.79 Å². The molecule has 0 aliphatic carbocycles. The summed E-state index contributed by atoms with van der Waals surface area (Å²) in [5.74, 6) is -0.403. The van der Waals surface area contributed by atoms with Gasteiger partial charge in [-0.25, -0.2) is 0 Å². The van der Waals surface area contributed by atoms with Crippen molar-refractivity contribution in [2.24, 2.45) is 0 Å². The molecular weight excluding hydrogens is 306 g/mol. The molecule has 120 valence electrons. The molecule has 1 amide bonds. The molecule has 1 heterocycles. The van der Waals surface area contributed by atoms with Gasteiger partial charge in [0.15, 0.2) is 11.5 Å². The van der Waals surface area contributed by atoms with Crippen LogP contribution in [-0.4, -0.2) is 24.6 Å². The predicted octanol–water partition coefficient (Wildman–Crippen LogP) is 3.34. The molecule has 5 nitrogen and oxygen atoms in total. The van der Waals surface area contributed by atoms with Crippen LogP contribution in [0.1, 0.15) is 5.56 Å². The van der Waals surface area contributed by atoms with Crippen LogP contribution >= 0.6 is 0 Å². The SMILES string of the molecule is COc1cccc(C=CC(=O)Nc2cccnc2)c1OC(F)F. The third-order valence-electron chi connectivity index (χ3n) is 2.78. The lowest BCUT2D eigenvalue weighted by Gasteiger charge is -2.12. The second-order valence-corrected chi connectivity index (χ2v) is 4.32. The fourth-order valence-corrected chi connectivity index (χ4v) is 1.83. The standard InChI is InChI=1S/C16H14F2N2O3/c1-22-13-6-2-4-11(15(13)23-16(17)18)7-8-14(21)20-12-5-3-9-19-10-12/h2-10,16H,1H3,(H,20,21). The molecule has 1 N–H and O–H groups in total. The third kappa shape index (κ3) is 4.77. The maximum Gasteiger partial charge on any atom is 0.387 e. The van der Waals surface area contributed by atoms with E-state index >= 15 is 0 Å². The number of hydrogen-bond donors (Lipinski definition) is 1. The molecule has 0 radical (unpaired) electrons. The van der Waals surface area contributed by atoms with Gasteiger partial charge >= 0.3 is 6.61 Å². The Bertz CT molecular complexity index is 691. The number of ether oxygens (including phenoxy) is 2. The van der Waals surface area contributed by atoms with Gasteiger partial charge in [0.25, 0.3) is 0 Å². The molecule has 0 fully saturated rings. The van der Waals surface area contributed by atoms with Crippen LogP contribution < -0.4 is 14.8 Å². The fraction of sp³-hybridized carbons (Fsp3) is 0.125. The topological polar surface area (TPSA) is 60.5 Å². The van der Waals surface area contributed by atoms with Crippen molar-refractivity contribution < 1.29 is 23.0 Å². The van der Waals surface area contributed by atoms with Crippen LogP contribution in [0.3, 0.4) is 0 Å². The molecule has 2 rings (SSSR count). The molecule has 0 unspecified atom stereocenters. The summed E-state index contributed by atoms with van der Waals surface area (Å²) in [7, 11) is 1.34. The molecule has 7 heteroatoms. The Hall–Kier alpha value is -2.96. The highest BCUT2D eigenvalue weighted by molar-refractivity contribution is 6.02. The Morgan fingerprint density at radius 3 is 2.78 bits per heavy atom. The maximum atomic E-state index is 12.5. The Morgan fingerprint density at radius 1 is 1.30 bits per heavy atom.